The van der Waals surface area contributed by atoms with Crippen LogP contribution in [0.1, 0.15) is 38.8 Å². The molecule has 186 valence electrons. The summed E-state index contributed by atoms with van der Waals surface area (Å²) in [6, 6.07) is 6.26. The Morgan fingerprint density at radius 1 is 1.12 bits per heavy atom. The highest BCUT2D eigenvalue weighted by atomic mass is 32.2. The Morgan fingerprint density at radius 3 is 2.47 bits per heavy atom. The van der Waals surface area contributed by atoms with Gasteiger partial charge in [-0.3, -0.25) is 4.98 Å². The molecule has 0 saturated carbocycles. The van der Waals surface area contributed by atoms with Crippen LogP contribution in [0.15, 0.2) is 53.3 Å². The second kappa shape index (κ2) is 10.0. The summed E-state index contributed by atoms with van der Waals surface area (Å²) >= 11 is 1.24. The number of hydrogen-bond acceptors (Lipinski definition) is 6. The van der Waals surface area contributed by atoms with E-state index in [0.29, 0.717) is 16.6 Å². The molecule has 2 atom stereocenters. The molecule has 1 aliphatic rings. The summed E-state index contributed by atoms with van der Waals surface area (Å²) in [4.78, 5) is 4.38. The number of nitrogens with one attached hydrogen (secondary N) is 1. The lowest BCUT2D eigenvalue weighted by molar-refractivity contribution is -0.263. The summed E-state index contributed by atoms with van der Waals surface area (Å²) in [7, 11) is 0. The van der Waals surface area contributed by atoms with E-state index in [1.54, 1.807) is 31.2 Å². The Kier molecular flexibility index (Phi) is 7.72. The van der Waals surface area contributed by atoms with Gasteiger partial charge in [0.15, 0.2) is 17.2 Å². The van der Waals surface area contributed by atoms with Crippen LogP contribution < -0.4 is 5.32 Å². The third-order valence-electron chi connectivity index (χ3n) is 5.82. The zero-order chi connectivity index (χ0) is 25.3. The van der Waals surface area contributed by atoms with Crippen molar-refractivity contribution in [3.8, 4) is 0 Å². The number of nitrogens with zero attached hydrogens (tertiary/aromatic N) is 1. The molecule has 0 saturated heterocycles. The Balaban J connectivity index is 2.16. The number of allylic oxidation sites excluding steroid dienone is 2. The van der Waals surface area contributed by atoms with E-state index < -0.39 is 47.2 Å². The summed E-state index contributed by atoms with van der Waals surface area (Å²) in [6.45, 7) is 5.43. The molecule has 0 spiro atoms. The predicted octanol–water partition coefficient (Wildman–Crippen LogP) is 6.49. The van der Waals surface area contributed by atoms with Crippen molar-refractivity contribution < 1.29 is 32.9 Å². The number of benzene rings is 1. The summed E-state index contributed by atoms with van der Waals surface area (Å²) in [5.41, 5.74) is -2.34. The van der Waals surface area contributed by atoms with Gasteiger partial charge in [-0.25, -0.2) is 4.39 Å². The first-order valence-corrected chi connectivity index (χ1v) is 11.9. The second-order valence-corrected chi connectivity index (χ2v) is 10.3. The quantitative estimate of drug-likeness (QED) is 0.310. The van der Waals surface area contributed by atoms with Crippen LogP contribution in [0.2, 0.25) is 0 Å². The predicted molar refractivity (Wildman–Crippen MR) is 127 cm³/mol. The fraction of sp³-hybridized carbons (Fsp3) is 0.458. The van der Waals surface area contributed by atoms with Crippen LogP contribution in [0, 0.1) is 6.92 Å². The standard InChI is InChI=1S/C24H28F4N2O3S/c1-13(2)34-12-11-23(33,24(26,27)28)22(16-9-10-19(31)21(32)20(16)25)30-18-6-4-5-17-15(18)8-7-14(3)29-17/h4-8,13,22,30-33H,9-12H2,1-3H3. The van der Waals surface area contributed by atoms with Crippen molar-refractivity contribution in [2.75, 3.05) is 11.1 Å². The van der Waals surface area contributed by atoms with Crippen LogP contribution in [0.4, 0.5) is 23.2 Å². The molecule has 4 N–H and O–H groups in total. The average Bonchev–Trinajstić information content (AvgIpc) is 2.75. The van der Waals surface area contributed by atoms with E-state index >= 15 is 4.39 Å². The van der Waals surface area contributed by atoms with Gasteiger partial charge in [0.25, 0.3) is 0 Å². The molecular weight excluding hydrogens is 472 g/mol. The Morgan fingerprint density at radius 2 is 1.82 bits per heavy atom. The van der Waals surface area contributed by atoms with Gasteiger partial charge in [0, 0.05) is 23.2 Å². The Labute approximate surface area is 199 Å². The molecule has 34 heavy (non-hydrogen) atoms. The van der Waals surface area contributed by atoms with Gasteiger partial charge in [-0.2, -0.15) is 24.9 Å². The van der Waals surface area contributed by atoms with Gasteiger partial charge in [-0.05, 0) is 60.6 Å². The third kappa shape index (κ3) is 5.27. The zero-order valence-corrected chi connectivity index (χ0v) is 19.9. The van der Waals surface area contributed by atoms with Gasteiger partial charge in [0.2, 0.25) is 0 Å². The van der Waals surface area contributed by atoms with Crippen molar-refractivity contribution in [3.05, 3.63) is 58.9 Å². The zero-order valence-electron chi connectivity index (χ0n) is 19.1. The molecule has 0 aliphatic heterocycles. The summed E-state index contributed by atoms with van der Waals surface area (Å²) in [6.07, 6.45) is -6.38. The van der Waals surface area contributed by atoms with Crippen molar-refractivity contribution in [2.45, 2.75) is 63.1 Å². The van der Waals surface area contributed by atoms with Crippen LogP contribution in [0.25, 0.3) is 10.9 Å². The number of rotatable bonds is 8. The van der Waals surface area contributed by atoms with Crippen molar-refractivity contribution in [3.63, 3.8) is 0 Å². The molecule has 1 aliphatic carbocycles. The van der Waals surface area contributed by atoms with E-state index in [1.165, 1.54) is 17.8 Å². The topological polar surface area (TPSA) is 85.6 Å². The van der Waals surface area contributed by atoms with Crippen molar-refractivity contribution in [1.29, 1.82) is 0 Å². The number of pyridine rings is 1. The minimum atomic E-state index is -5.12. The molecule has 1 aromatic carbocycles. The number of thioether (sulfide) groups is 1. The molecule has 1 heterocycles. The molecule has 0 amide bonds. The number of aliphatic hydroxyl groups excluding tert-OH is 2. The van der Waals surface area contributed by atoms with Gasteiger partial charge < -0.3 is 20.6 Å². The average molecular weight is 501 g/mol. The van der Waals surface area contributed by atoms with E-state index in [1.807, 2.05) is 13.8 Å². The van der Waals surface area contributed by atoms with E-state index in [4.69, 9.17) is 0 Å². The molecule has 0 fully saturated rings. The normalized spacial score (nSPS) is 17.9. The summed E-state index contributed by atoms with van der Waals surface area (Å²) < 4.78 is 58.3. The molecule has 10 heteroatoms. The van der Waals surface area contributed by atoms with Gasteiger partial charge >= 0.3 is 6.18 Å². The third-order valence-corrected chi connectivity index (χ3v) is 6.92. The molecule has 2 aromatic rings. The summed E-state index contributed by atoms with van der Waals surface area (Å²) in [5.74, 6) is -3.14. The maximum Gasteiger partial charge on any atom is 0.419 e. The fourth-order valence-electron chi connectivity index (χ4n) is 3.96. The van der Waals surface area contributed by atoms with E-state index in [9.17, 15) is 28.5 Å². The molecule has 5 nitrogen and oxygen atoms in total. The van der Waals surface area contributed by atoms with Gasteiger partial charge in [-0.1, -0.05) is 19.9 Å². The Bertz CT molecular complexity index is 1120. The van der Waals surface area contributed by atoms with Crippen molar-refractivity contribution >= 4 is 28.4 Å². The lowest BCUT2D eigenvalue weighted by Gasteiger charge is -2.41. The number of aliphatic hydroxyl groups is 3. The number of hydrogen-bond donors (Lipinski definition) is 4. The molecule has 3 rings (SSSR count). The first-order chi connectivity index (χ1) is 15.8. The lowest BCUT2D eigenvalue weighted by Crippen LogP contribution is -2.59. The highest BCUT2D eigenvalue weighted by Gasteiger charge is 2.60. The number of fused-ring (bicyclic) bond motifs is 1. The second-order valence-electron chi connectivity index (χ2n) is 8.63. The van der Waals surface area contributed by atoms with Crippen molar-refractivity contribution in [1.82, 2.24) is 4.98 Å². The maximum absolute atomic E-state index is 15.1. The first kappa shape index (κ1) is 26.2. The molecule has 0 bridgehead atoms. The number of anilines is 1. The number of aromatic nitrogens is 1. The molecule has 1 aromatic heterocycles. The molecule has 2 unspecified atom stereocenters. The SMILES string of the molecule is Cc1ccc2c(NC(C3=C(F)C(O)=C(O)CC3)C(O)(CCSC(C)C)C(F)(F)F)cccc2n1. The van der Waals surface area contributed by atoms with E-state index in [2.05, 4.69) is 10.3 Å². The molecule has 0 radical (unpaired) electrons. The smallest absolute Gasteiger partial charge is 0.419 e. The highest BCUT2D eigenvalue weighted by Crippen LogP contribution is 2.44. The number of aryl methyl sites for hydroxylation is 1. The van der Waals surface area contributed by atoms with Gasteiger partial charge in [-0.15, -0.1) is 0 Å². The van der Waals surface area contributed by atoms with Crippen LogP contribution in [-0.4, -0.2) is 49.1 Å². The van der Waals surface area contributed by atoms with Gasteiger partial charge in [0.1, 0.15) is 5.76 Å². The molecular formula is C24H28F4N2O3S. The summed E-state index contributed by atoms with van der Waals surface area (Å²) in [5, 5.41) is 34.1. The Hall–Kier alpha value is -2.46. The van der Waals surface area contributed by atoms with E-state index in [0.717, 1.165) is 0 Å². The van der Waals surface area contributed by atoms with Crippen LogP contribution >= 0.6 is 11.8 Å². The minimum absolute atomic E-state index is 0.0237. The number of halogens is 4. The first-order valence-electron chi connectivity index (χ1n) is 10.9. The monoisotopic (exact) mass is 500 g/mol. The highest BCUT2D eigenvalue weighted by molar-refractivity contribution is 7.99. The van der Waals surface area contributed by atoms with Crippen LogP contribution in [0.3, 0.4) is 0 Å². The van der Waals surface area contributed by atoms with Gasteiger partial charge in [0.05, 0.1) is 11.6 Å². The van der Waals surface area contributed by atoms with Crippen LogP contribution in [0.5, 0.6) is 0 Å². The minimum Gasteiger partial charge on any atom is -0.508 e. The lowest BCUT2D eigenvalue weighted by atomic mass is 9.81. The van der Waals surface area contributed by atoms with Crippen LogP contribution in [-0.2, 0) is 0 Å². The van der Waals surface area contributed by atoms with Crippen molar-refractivity contribution in [2.24, 2.45) is 0 Å². The van der Waals surface area contributed by atoms with E-state index in [-0.39, 0.29) is 29.5 Å². The largest absolute Gasteiger partial charge is 0.508 e. The maximum atomic E-state index is 15.1. The fourth-order valence-corrected chi connectivity index (χ4v) is 4.86. The number of alkyl halides is 3.